The minimum absolute atomic E-state index is 0.0380. The number of hydrogen-bond acceptors (Lipinski definition) is 2. The maximum absolute atomic E-state index is 11.7. The Morgan fingerprint density at radius 2 is 1.86 bits per heavy atom. The zero-order valence-electron chi connectivity index (χ0n) is 15.3. The summed E-state index contributed by atoms with van der Waals surface area (Å²) >= 11 is 0. The zero-order chi connectivity index (χ0) is 16.8. The van der Waals surface area contributed by atoms with Gasteiger partial charge in [0.1, 0.15) is 0 Å². The topological polar surface area (TPSA) is 40.5 Å². The molecule has 0 aliphatic heterocycles. The molecule has 0 radical (unpaired) electrons. The van der Waals surface area contributed by atoms with Gasteiger partial charge in [-0.05, 0) is 68.1 Å². The predicted octanol–water partition coefficient (Wildman–Crippen LogP) is 4.70. The largest absolute Gasteiger partial charge is 0.389 e. The molecular weight excluding hydrogens is 272 g/mol. The highest BCUT2D eigenvalue weighted by Crippen LogP contribution is 2.63. The molecule has 0 bridgehead atoms. The van der Waals surface area contributed by atoms with Crippen LogP contribution in [0.3, 0.4) is 0 Å². The van der Waals surface area contributed by atoms with E-state index in [1.165, 1.54) is 19.3 Å². The van der Waals surface area contributed by atoms with Crippen molar-refractivity contribution in [3.63, 3.8) is 0 Å². The molecular formula is C20H36O2. The van der Waals surface area contributed by atoms with E-state index in [0.717, 1.165) is 12.8 Å². The van der Waals surface area contributed by atoms with Gasteiger partial charge in [-0.1, -0.05) is 40.2 Å². The number of aliphatic hydroxyl groups is 2. The van der Waals surface area contributed by atoms with E-state index >= 15 is 0 Å². The summed E-state index contributed by atoms with van der Waals surface area (Å²) in [4.78, 5) is 0. The summed E-state index contributed by atoms with van der Waals surface area (Å²) in [5.41, 5.74) is -1.30. The second-order valence-corrected chi connectivity index (χ2v) is 9.28. The Bertz CT molecular complexity index is 425. The van der Waals surface area contributed by atoms with E-state index < -0.39 is 11.2 Å². The van der Waals surface area contributed by atoms with Crippen molar-refractivity contribution in [2.75, 3.05) is 0 Å². The van der Waals surface area contributed by atoms with Crippen molar-refractivity contribution in [3.8, 4) is 0 Å². The summed E-state index contributed by atoms with van der Waals surface area (Å²) in [5, 5.41) is 22.0. The summed E-state index contributed by atoms with van der Waals surface area (Å²) in [6, 6.07) is 0. The molecule has 2 fully saturated rings. The fourth-order valence-corrected chi connectivity index (χ4v) is 5.65. The molecule has 0 heterocycles. The molecule has 22 heavy (non-hydrogen) atoms. The van der Waals surface area contributed by atoms with E-state index in [9.17, 15) is 10.2 Å². The van der Waals surface area contributed by atoms with Crippen LogP contribution in [0, 0.1) is 22.7 Å². The van der Waals surface area contributed by atoms with Crippen LogP contribution in [-0.2, 0) is 0 Å². The zero-order valence-corrected chi connectivity index (χ0v) is 15.3. The SMILES string of the molecule is C=CC(C)(O)CC[C@@]1(O)[C@H](C)CC[C@H]2C(C)(C)CCC[C@@]21C. The lowest BCUT2D eigenvalue weighted by molar-refractivity contribution is -0.215. The highest BCUT2D eigenvalue weighted by Gasteiger charge is 2.61. The molecule has 0 aromatic rings. The lowest BCUT2D eigenvalue weighted by Crippen LogP contribution is -2.62. The fourth-order valence-electron chi connectivity index (χ4n) is 5.65. The van der Waals surface area contributed by atoms with Gasteiger partial charge in [0.2, 0.25) is 0 Å². The summed E-state index contributed by atoms with van der Waals surface area (Å²) in [5.74, 6) is 0.867. The molecule has 2 aliphatic rings. The lowest BCUT2D eigenvalue weighted by atomic mass is 9.44. The minimum atomic E-state index is -0.886. The normalized spacial score (nSPS) is 44.0. The summed E-state index contributed by atoms with van der Waals surface area (Å²) in [7, 11) is 0. The molecule has 2 nitrogen and oxygen atoms in total. The van der Waals surface area contributed by atoms with E-state index in [1.54, 1.807) is 13.0 Å². The first-order valence-electron chi connectivity index (χ1n) is 9.07. The quantitative estimate of drug-likeness (QED) is 0.739. The molecule has 0 aromatic carbocycles. The molecule has 1 unspecified atom stereocenters. The van der Waals surface area contributed by atoms with Crippen molar-refractivity contribution in [1.82, 2.24) is 0 Å². The molecule has 128 valence electrons. The molecule has 2 heteroatoms. The van der Waals surface area contributed by atoms with Crippen molar-refractivity contribution < 1.29 is 10.2 Å². The van der Waals surface area contributed by atoms with Crippen LogP contribution in [0.15, 0.2) is 12.7 Å². The standard InChI is InChI=1S/C20H36O2/c1-7-18(5,21)13-14-20(22)15(2)9-10-16-17(3,4)11-8-12-19(16,20)6/h7,15-16,21-22H,1,8-14H2,2-6H3/t15-,16+,18?,19+,20-/m1/s1. The molecule has 0 saturated heterocycles. The average Bonchev–Trinajstić information content (AvgIpc) is 2.42. The predicted molar refractivity (Wildman–Crippen MR) is 92.6 cm³/mol. The smallest absolute Gasteiger partial charge is 0.0798 e. The first-order chi connectivity index (χ1) is 9.98. The first-order valence-corrected chi connectivity index (χ1v) is 9.07. The van der Waals surface area contributed by atoms with E-state index in [2.05, 4.69) is 34.3 Å². The third-order valence-electron chi connectivity index (χ3n) is 7.37. The van der Waals surface area contributed by atoms with Crippen LogP contribution in [0.1, 0.15) is 79.6 Å². The van der Waals surface area contributed by atoms with Crippen molar-refractivity contribution in [2.24, 2.45) is 22.7 Å². The van der Waals surface area contributed by atoms with Crippen LogP contribution in [0.4, 0.5) is 0 Å². The molecule has 0 amide bonds. The van der Waals surface area contributed by atoms with Gasteiger partial charge in [-0.25, -0.2) is 0 Å². The Morgan fingerprint density at radius 3 is 2.45 bits per heavy atom. The molecule has 2 aliphatic carbocycles. The van der Waals surface area contributed by atoms with Crippen molar-refractivity contribution in [2.45, 2.75) is 90.8 Å². The maximum Gasteiger partial charge on any atom is 0.0798 e. The Balaban J connectivity index is 2.32. The van der Waals surface area contributed by atoms with E-state index in [4.69, 9.17) is 0 Å². The molecule has 0 spiro atoms. The molecule has 2 saturated carbocycles. The number of fused-ring (bicyclic) bond motifs is 1. The fraction of sp³-hybridized carbons (Fsp3) is 0.900. The first kappa shape index (κ1) is 18.0. The number of rotatable bonds is 4. The second-order valence-electron chi connectivity index (χ2n) is 9.28. The molecule has 2 rings (SSSR count). The third kappa shape index (κ3) is 2.78. The summed E-state index contributed by atoms with van der Waals surface area (Å²) < 4.78 is 0. The van der Waals surface area contributed by atoms with Gasteiger partial charge in [0.25, 0.3) is 0 Å². The van der Waals surface area contributed by atoms with Crippen LogP contribution in [-0.4, -0.2) is 21.4 Å². The van der Waals surface area contributed by atoms with Gasteiger partial charge in [0.05, 0.1) is 11.2 Å². The summed E-state index contributed by atoms with van der Waals surface area (Å²) in [6.45, 7) is 14.8. The number of hydrogen-bond donors (Lipinski definition) is 2. The summed E-state index contributed by atoms with van der Waals surface area (Å²) in [6.07, 6.45) is 8.75. The van der Waals surface area contributed by atoms with Gasteiger partial charge in [-0.15, -0.1) is 6.58 Å². The van der Waals surface area contributed by atoms with Gasteiger partial charge < -0.3 is 10.2 Å². The Labute approximate surface area is 137 Å². The van der Waals surface area contributed by atoms with Gasteiger partial charge in [-0.3, -0.25) is 0 Å². The molecule has 5 atom stereocenters. The molecule has 2 N–H and O–H groups in total. The van der Waals surface area contributed by atoms with Crippen molar-refractivity contribution in [1.29, 1.82) is 0 Å². The average molecular weight is 309 g/mol. The van der Waals surface area contributed by atoms with Crippen LogP contribution in [0.25, 0.3) is 0 Å². The van der Waals surface area contributed by atoms with Gasteiger partial charge >= 0.3 is 0 Å². The third-order valence-corrected chi connectivity index (χ3v) is 7.37. The Kier molecular flexibility index (Phi) is 4.61. The van der Waals surface area contributed by atoms with E-state index in [-0.39, 0.29) is 5.41 Å². The minimum Gasteiger partial charge on any atom is -0.389 e. The van der Waals surface area contributed by atoms with Crippen LogP contribution < -0.4 is 0 Å². The van der Waals surface area contributed by atoms with E-state index in [0.29, 0.717) is 30.1 Å². The lowest BCUT2D eigenvalue weighted by Gasteiger charge is -2.63. The van der Waals surface area contributed by atoms with Gasteiger partial charge in [0, 0.05) is 0 Å². The van der Waals surface area contributed by atoms with Crippen LogP contribution >= 0.6 is 0 Å². The monoisotopic (exact) mass is 308 g/mol. The molecule has 0 aromatic heterocycles. The van der Waals surface area contributed by atoms with Gasteiger partial charge in [0.15, 0.2) is 0 Å². The Hall–Kier alpha value is -0.340. The highest BCUT2D eigenvalue weighted by atomic mass is 16.3. The maximum atomic E-state index is 11.7. The van der Waals surface area contributed by atoms with Crippen molar-refractivity contribution in [3.05, 3.63) is 12.7 Å². The van der Waals surface area contributed by atoms with Crippen LogP contribution in [0.2, 0.25) is 0 Å². The van der Waals surface area contributed by atoms with Gasteiger partial charge in [-0.2, -0.15) is 0 Å². The highest BCUT2D eigenvalue weighted by molar-refractivity contribution is 5.11. The van der Waals surface area contributed by atoms with E-state index in [1.807, 2.05) is 0 Å². The van der Waals surface area contributed by atoms with Crippen molar-refractivity contribution >= 4 is 0 Å². The second kappa shape index (κ2) is 5.63. The van der Waals surface area contributed by atoms with Crippen LogP contribution in [0.5, 0.6) is 0 Å². The Morgan fingerprint density at radius 1 is 1.23 bits per heavy atom.